The molecule has 1 aliphatic rings. The van der Waals surface area contributed by atoms with Crippen LogP contribution < -0.4 is 0 Å². The molecule has 15 heavy (non-hydrogen) atoms. The Morgan fingerprint density at radius 2 is 1.73 bits per heavy atom. The van der Waals surface area contributed by atoms with Crippen LogP contribution in [0.5, 0.6) is 0 Å². The van der Waals surface area contributed by atoms with Gasteiger partial charge in [-0.1, -0.05) is 6.92 Å². The molecular weight excluding hydrogens is 218 g/mol. The molecule has 1 aliphatic heterocycles. The molecule has 0 aromatic heterocycles. The Labute approximate surface area is 92.4 Å². The molecule has 0 saturated carbocycles. The molecule has 0 radical (unpaired) electrons. The zero-order valence-corrected chi connectivity index (χ0v) is 9.42. The van der Waals surface area contributed by atoms with E-state index in [2.05, 4.69) is 0 Å². The van der Waals surface area contributed by atoms with Gasteiger partial charge < -0.3 is 10.2 Å². The zero-order valence-electron chi connectivity index (χ0n) is 8.60. The van der Waals surface area contributed by atoms with Gasteiger partial charge in [0.15, 0.2) is 0 Å². The Bertz CT molecular complexity index is 241. The van der Waals surface area contributed by atoms with Gasteiger partial charge >= 0.3 is 0 Å². The molecule has 1 rings (SSSR count). The predicted molar refractivity (Wildman–Crippen MR) is 56.4 cm³/mol. The van der Waals surface area contributed by atoms with Crippen LogP contribution in [0.25, 0.3) is 0 Å². The Balaban J connectivity index is 2.98. The van der Waals surface area contributed by atoms with Gasteiger partial charge in [0.2, 0.25) is 11.8 Å². The van der Waals surface area contributed by atoms with E-state index in [-0.39, 0.29) is 23.3 Å². The molecule has 0 bridgehead atoms. The van der Waals surface area contributed by atoms with Gasteiger partial charge in [0, 0.05) is 0 Å². The van der Waals surface area contributed by atoms with Crippen molar-refractivity contribution in [2.45, 2.75) is 18.9 Å². The van der Waals surface area contributed by atoms with Crippen LogP contribution in [0.3, 0.4) is 0 Å². The van der Waals surface area contributed by atoms with Gasteiger partial charge in [0.05, 0.1) is 30.3 Å². The van der Waals surface area contributed by atoms with Gasteiger partial charge in [-0.05, 0) is 6.42 Å². The molecule has 6 heteroatoms. The van der Waals surface area contributed by atoms with Gasteiger partial charge in [-0.2, -0.15) is 0 Å². The highest BCUT2D eigenvalue weighted by Crippen LogP contribution is 2.25. The van der Waals surface area contributed by atoms with Crippen molar-refractivity contribution in [2.24, 2.45) is 0 Å². The maximum absolute atomic E-state index is 11.6. The van der Waals surface area contributed by atoms with Gasteiger partial charge in [0.1, 0.15) is 0 Å². The predicted octanol–water partition coefficient (Wildman–Crippen LogP) is -0.778. The smallest absolute Gasteiger partial charge is 0.239 e. The Morgan fingerprint density at radius 3 is 2.07 bits per heavy atom. The van der Waals surface area contributed by atoms with E-state index in [1.54, 1.807) is 6.92 Å². The second-order valence-electron chi connectivity index (χ2n) is 3.51. The van der Waals surface area contributed by atoms with Gasteiger partial charge in [-0.15, -0.1) is 11.8 Å². The van der Waals surface area contributed by atoms with Crippen LogP contribution in [0.2, 0.25) is 0 Å². The number of aliphatic hydroxyl groups excluding tert-OH is 2. The molecule has 1 fully saturated rings. The van der Waals surface area contributed by atoms with E-state index in [0.29, 0.717) is 6.42 Å². The molecule has 0 aromatic rings. The number of amides is 2. The van der Waals surface area contributed by atoms with Crippen LogP contribution in [0.4, 0.5) is 0 Å². The van der Waals surface area contributed by atoms with E-state index in [1.807, 2.05) is 0 Å². The summed E-state index contributed by atoms with van der Waals surface area (Å²) in [7, 11) is 0. The van der Waals surface area contributed by atoms with Crippen molar-refractivity contribution in [3.8, 4) is 0 Å². The summed E-state index contributed by atoms with van der Waals surface area (Å²) >= 11 is 1.26. The monoisotopic (exact) mass is 233 g/mol. The molecule has 0 aliphatic carbocycles. The summed E-state index contributed by atoms with van der Waals surface area (Å²) in [4.78, 5) is 24.2. The number of hydrogen-bond donors (Lipinski definition) is 2. The highest BCUT2D eigenvalue weighted by atomic mass is 32.2. The van der Waals surface area contributed by atoms with E-state index in [0.717, 1.165) is 4.90 Å². The number of carbonyl (C=O) groups is 2. The van der Waals surface area contributed by atoms with Crippen molar-refractivity contribution >= 4 is 23.6 Å². The van der Waals surface area contributed by atoms with Crippen LogP contribution in [0, 0.1) is 0 Å². The lowest BCUT2D eigenvalue weighted by Gasteiger charge is -2.41. The summed E-state index contributed by atoms with van der Waals surface area (Å²) < 4.78 is 0. The lowest BCUT2D eigenvalue weighted by Crippen LogP contribution is -2.61. The number of imide groups is 1. The molecule has 5 nitrogen and oxygen atoms in total. The van der Waals surface area contributed by atoms with Crippen LogP contribution >= 0.6 is 11.8 Å². The van der Waals surface area contributed by atoms with Crippen LogP contribution in [0.15, 0.2) is 0 Å². The molecule has 0 spiro atoms. The summed E-state index contributed by atoms with van der Waals surface area (Å²) in [5.74, 6) is -0.205. The number of aliphatic hydroxyl groups is 2. The summed E-state index contributed by atoms with van der Waals surface area (Å²) in [5, 5.41) is 18.5. The first kappa shape index (κ1) is 12.5. The van der Waals surface area contributed by atoms with Crippen molar-refractivity contribution in [3.63, 3.8) is 0 Å². The fraction of sp³-hybridized carbons (Fsp3) is 0.778. The van der Waals surface area contributed by atoms with E-state index in [4.69, 9.17) is 0 Å². The summed E-state index contributed by atoms with van der Waals surface area (Å²) in [6, 6.07) is 0. The van der Waals surface area contributed by atoms with Crippen LogP contribution in [0.1, 0.15) is 13.3 Å². The number of nitrogens with zero attached hydrogens (tertiary/aromatic N) is 1. The minimum Gasteiger partial charge on any atom is -0.394 e. The molecule has 0 unspecified atom stereocenters. The molecule has 2 N–H and O–H groups in total. The quantitative estimate of drug-likeness (QED) is 0.623. The molecule has 2 amide bonds. The van der Waals surface area contributed by atoms with E-state index in [1.165, 1.54) is 11.8 Å². The first-order valence-electron chi connectivity index (χ1n) is 4.76. The summed E-state index contributed by atoms with van der Waals surface area (Å²) in [5.41, 5.74) is -1.13. The number of hydrogen-bond acceptors (Lipinski definition) is 5. The SMILES string of the molecule is CCC(CO)(CO)N1C(=O)CSCC1=O. The zero-order chi connectivity index (χ0) is 11.5. The second kappa shape index (κ2) is 4.96. The largest absolute Gasteiger partial charge is 0.394 e. The maximum atomic E-state index is 11.6. The number of thioether (sulfide) groups is 1. The highest BCUT2D eigenvalue weighted by Gasteiger charge is 2.43. The fourth-order valence-electron chi connectivity index (χ4n) is 1.60. The van der Waals surface area contributed by atoms with Crippen LogP contribution in [-0.4, -0.2) is 57.2 Å². The topological polar surface area (TPSA) is 77.8 Å². The van der Waals surface area contributed by atoms with Gasteiger partial charge in [-0.3, -0.25) is 14.5 Å². The maximum Gasteiger partial charge on any atom is 0.239 e. The lowest BCUT2D eigenvalue weighted by molar-refractivity contribution is -0.154. The van der Waals surface area contributed by atoms with Gasteiger partial charge in [0.25, 0.3) is 0 Å². The third kappa shape index (κ3) is 2.16. The molecule has 0 atom stereocenters. The van der Waals surface area contributed by atoms with Crippen molar-refractivity contribution in [3.05, 3.63) is 0 Å². The highest BCUT2D eigenvalue weighted by molar-refractivity contribution is 8.00. The molecular formula is C9H15NO4S. The minimum absolute atomic E-state index is 0.230. The van der Waals surface area contributed by atoms with Crippen molar-refractivity contribution in [1.82, 2.24) is 4.90 Å². The second-order valence-corrected chi connectivity index (χ2v) is 4.50. The fourth-order valence-corrected chi connectivity index (χ4v) is 2.31. The molecule has 86 valence electrons. The van der Waals surface area contributed by atoms with Crippen molar-refractivity contribution in [2.75, 3.05) is 24.7 Å². The Kier molecular flexibility index (Phi) is 4.12. The summed E-state index contributed by atoms with van der Waals surface area (Å²) in [6.07, 6.45) is 0.349. The van der Waals surface area contributed by atoms with E-state index >= 15 is 0 Å². The first-order chi connectivity index (χ1) is 7.11. The van der Waals surface area contributed by atoms with Crippen molar-refractivity contribution < 1.29 is 19.8 Å². The lowest BCUT2D eigenvalue weighted by atomic mass is 9.95. The number of rotatable bonds is 4. The van der Waals surface area contributed by atoms with Crippen molar-refractivity contribution in [1.29, 1.82) is 0 Å². The summed E-state index contributed by atoms with van der Waals surface area (Å²) in [6.45, 7) is 0.930. The van der Waals surface area contributed by atoms with Crippen LogP contribution in [-0.2, 0) is 9.59 Å². The third-order valence-corrected chi connectivity index (χ3v) is 3.57. The Morgan fingerprint density at radius 1 is 1.27 bits per heavy atom. The standard InChI is InChI=1S/C9H15NO4S/c1-2-9(5-11,6-12)10-7(13)3-15-4-8(10)14/h11-12H,2-6H2,1H3. The Hall–Kier alpha value is -0.590. The average Bonchev–Trinajstić information content (AvgIpc) is 2.24. The van der Waals surface area contributed by atoms with E-state index < -0.39 is 18.8 Å². The average molecular weight is 233 g/mol. The normalized spacial score (nSPS) is 18.5. The third-order valence-electron chi connectivity index (χ3n) is 2.67. The number of carbonyl (C=O) groups excluding carboxylic acids is 2. The minimum atomic E-state index is -1.13. The van der Waals surface area contributed by atoms with Gasteiger partial charge in [-0.25, -0.2) is 0 Å². The molecule has 0 aromatic carbocycles. The first-order valence-corrected chi connectivity index (χ1v) is 5.92. The van der Waals surface area contributed by atoms with E-state index in [9.17, 15) is 19.8 Å². The molecule has 1 heterocycles. The molecule has 1 saturated heterocycles.